The fourth-order valence-electron chi connectivity index (χ4n) is 1.70. The van der Waals surface area contributed by atoms with Crippen LogP contribution in [0.1, 0.15) is 37.6 Å². The third-order valence-corrected chi connectivity index (χ3v) is 2.59. The summed E-state index contributed by atoms with van der Waals surface area (Å²) in [5, 5.41) is 0. The Morgan fingerprint density at radius 2 is 2.11 bits per heavy atom. The number of carbonyl (C=O) groups is 1. The van der Waals surface area contributed by atoms with Gasteiger partial charge in [-0.25, -0.2) is 0 Å². The molecule has 1 heterocycles. The first kappa shape index (κ1) is 14.6. The van der Waals surface area contributed by atoms with Crippen LogP contribution in [0.25, 0.3) is 0 Å². The average molecular weight is 251 g/mol. The molecule has 1 rings (SSSR count). The monoisotopic (exact) mass is 251 g/mol. The highest BCUT2D eigenvalue weighted by Crippen LogP contribution is 2.17. The minimum Gasteiger partial charge on any atom is -0.492 e. The second kappa shape index (κ2) is 7.11. The number of methoxy groups -OCH3 is 1. The summed E-state index contributed by atoms with van der Waals surface area (Å²) in [5.74, 6) is 0.700. The topological polar surface area (TPSA) is 48.4 Å². The van der Waals surface area contributed by atoms with Crippen LogP contribution in [0.2, 0.25) is 0 Å². The van der Waals surface area contributed by atoms with E-state index in [4.69, 9.17) is 9.47 Å². The number of hydrogen-bond acceptors (Lipinski definition) is 4. The van der Waals surface area contributed by atoms with E-state index in [0.717, 1.165) is 6.42 Å². The number of ketones is 1. The van der Waals surface area contributed by atoms with Crippen LogP contribution < -0.4 is 4.74 Å². The molecule has 0 N–H and O–H groups in total. The van der Waals surface area contributed by atoms with Gasteiger partial charge in [-0.05, 0) is 18.4 Å². The van der Waals surface area contributed by atoms with E-state index in [1.807, 2.05) is 20.8 Å². The molecule has 0 fully saturated rings. The molecule has 0 radical (unpaired) electrons. The normalized spacial score (nSPS) is 12.5. The first-order valence-corrected chi connectivity index (χ1v) is 6.25. The van der Waals surface area contributed by atoms with Crippen LogP contribution in [0.15, 0.2) is 18.5 Å². The summed E-state index contributed by atoms with van der Waals surface area (Å²) in [6.07, 6.45) is 3.65. The number of hydrogen-bond donors (Lipinski definition) is 0. The van der Waals surface area contributed by atoms with Crippen LogP contribution in [-0.2, 0) is 4.74 Å². The standard InChI is InChI=1S/C14H21NO3/c1-5-6-18-12-7-11(8-15-9-12)13(16)14(17-4)10(2)3/h7-10,14H,5-6H2,1-4H3. The van der Waals surface area contributed by atoms with Crippen LogP contribution >= 0.6 is 0 Å². The zero-order valence-electron chi connectivity index (χ0n) is 11.5. The summed E-state index contributed by atoms with van der Waals surface area (Å²) in [6, 6.07) is 1.72. The second-order valence-corrected chi connectivity index (χ2v) is 4.52. The van der Waals surface area contributed by atoms with Crippen molar-refractivity contribution in [3.8, 4) is 5.75 Å². The number of nitrogens with zero attached hydrogens (tertiary/aromatic N) is 1. The summed E-state index contributed by atoms with van der Waals surface area (Å²) in [6.45, 7) is 6.56. The summed E-state index contributed by atoms with van der Waals surface area (Å²) < 4.78 is 10.7. The fraction of sp³-hybridized carbons (Fsp3) is 0.571. The second-order valence-electron chi connectivity index (χ2n) is 4.52. The SMILES string of the molecule is CCCOc1cncc(C(=O)C(OC)C(C)C)c1. The Morgan fingerprint density at radius 3 is 2.67 bits per heavy atom. The summed E-state index contributed by atoms with van der Waals surface area (Å²) in [4.78, 5) is 16.3. The highest BCUT2D eigenvalue weighted by Gasteiger charge is 2.23. The van der Waals surface area contributed by atoms with Gasteiger partial charge in [-0.1, -0.05) is 20.8 Å². The molecule has 0 saturated heterocycles. The van der Waals surface area contributed by atoms with Gasteiger partial charge in [-0.2, -0.15) is 0 Å². The average Bonchev–Trinajstić information content (AvgIpc) is 2.37. The van der Waals surface area contributed by atoms with E-state index in [-0.39, 0.29) is 11.7 Å². The van der Waals surface area contributed by atoms with E-state index >= 15 is 0 Å². The van der Waals surface area contributed by atoms with Crippen LogP contribution in [0, 0.1) is 5.92 Å². The van der Waals surface area contributed by atoms with Crippen molar-refractivity contribution in [2.45, 2.75) is 33.3 Å². The largest absolute Gasteiger partial charge is 0.492 e. The summed E-state index contributed by atoms with van der Waals surface area (Å²) in [5.41, 5.74) is 0.532. The van der Waals surface area contributed by atoms with E-state index < -0.39 is 6.10 Å². The maximum Gasteiger partial charge on any atom is 0.193 e. The summed E-state index contributed by atoms with van der Waals surface area (Å²) >= 11 is 0. The lowest BCUT2D eigenvalue weighted by Crippen LogP contribution is -2.28. The van der Waals surface area contributed by atoms with Crippen molar-refractivity contribution in [1.82, 2.24) is 4.98 Å². The first-order valence-electron chi connectivity index (χ1n) is 6.25. The Balaban J connectivity index is 2.85. The van der Waals surface area contributed by atoms with Gasteiger partial charge in [0.25, 0.3) is 0 Å². The zero-order chi connectivity index (χ0) is 13.5. The Hall–Kier alpha value is -1.42. The lowest BCUT2D eigenvalue weighted by molar-refractivity contribution is 0.0458. The molecule has 1 unspecified atom stereocenters. The van der Waals surface area contributed by atoms with Gasteiger partial charge >= 0.3 is 0 Å². The van der Waals surface area contributed by atoms with Gasteiger partial charge in [-0.3, -0.25) is 9.78 Å². The predicted molar refractivity (Wildman–Crippen MR) is 70.0 cm³/mol. The number of rotatable bonds is 7. The molecule has 0 amide bonds. The third-order valence-electron chi connectivity index (χ3n) is 2.59. The molecule has 0 saturated carbocycles. The number of carbonyl (C=O) groups excluding carboxylic acids is 1. The van der Waals surface area contributed by atoms with Crippen molar-refractivity contribution in [1.29, 1.82) is 0 Å². The molecule has 0 aliphatic heterocycles. The maximum absolute atomic E-state index is 12.2. The first-order chi connectivity index (χ1) is 8.60. The Labute approximate surface area is 108 Å². The van der Waals surface area contributed by atoms with E-state index in [1.165, 1.54) is 0 Å². The number of aromatic nitrogens is 1. The molecule has 0 aromatic carbocycles. The van der Waals surface area contributed by atoms with Crippen LogP contribution in [-0.4, -0.2) is 30.6 Å². The smallest absolute Gasteiger partial charge is 0.193 e. The number of pyridine rings is 1. The molecule has 1 aromatic heterocycles. The quantitative estimate of drug-likeness (QED) is 0.699. The number of ether oxygens (including phenoxy) is 2. The van der Waals surface area contributed by atoms with Crippen molar-refractivity contribution >= 4 is 5.78 Å². The molecule has 4 nitrogen and oxygen atoms in total. The van der Waals surface area contributed by atoms with Crippen molar-refractivity contribution in [3.63, 3.8) is 0 Å². The molecule has 100 valence electrons. The van der Waals surface area contributed by atoms with Gasteiger partial charge in [0.15, 0.2) is 5.78 Å². The molecule has 18 heavy (non-hydrogen) atoms. The molecule has 0 bridgehead atoms. The van der Waals surface area contributed by atoms with E-state index in [2.05, 4.69) is 4.98 Å². The third kappa shape index (κ3) is 3.81. The van der Waals surface area contributed by atoms with E-state index in [9.17, 15) is 4.79 Å². The predicted octanol–water partition coefficient (Wildman–Crippen LogP) is 2.72. The van der Waals surface area contributed by atoms with Crippen molar-refractivity contribution in [2.75, 3.05) is 13.7 Å². The lowest BCUT2D eigenvalue weighted by atomic mass is 9.98. The fourth-order valence-corrected chi connectivity index (χ4v) is 1.70. The van der Waals surface area contributed by atoms with Crippen LogP contribution in [0.5, 0.6) is 5.75 Å². The van der Waals surface area contributed by atoms with Gasteiger partial charge in [0.1, 0.15) is 11.9 Å². The molecular weight excluding hydrogens is 230 g/mol. The highest BCUT2D eigenvalue weighted by molar-refractivity contribution is 5.99. The van der Waals surface area contributed by atoms with Gasteiger partial charge < -0.3 is 9.47 Å². The van der Waals surface area contributed by atoms with Gasteiger partial charge in [0.05, 0.1) is 12.8 Å². The molecule has 0 spiro atoms. The molecule has 1 aromatic rings. The van der Waals surface area contributed by atoms with Crippen molar-refractivity contribution < 1.29 is 14.3 Å². The minimum absolute atomic E-state index is 0.0538. The Morgan fingerprint density at radius 1 is 1.39 bits per heavy atom. The van der Waals surface area contributed by atoms with E-state index in [0.29, 0.717) is 17.9 Å². The van der Waals surface area contributed by atoms with Gasteiger partial charge in [0.2, 0.25) is 0 Å². The van der Waals surface area contributed by atoms with Gasteiger partial charge in [0, 0.05) is 18.9 Å². The Bertz CT molecular complexity index is 390. The van der Waals surface area contributed by atoms with Crippen LogP contribution in [0.3, 0.4) is 0 Å². The highest BCUT2D eigenvalue weighted by atomic mass is 16.5. The zero-order valence-corrected chi connectivity index (χ0v) is 11.5. The maximum atomic E-state index is 12.2. The van der Waals surface area contributed by atoms with Crippen LogP contribution in [0.4, 0.5) is 0 Å². The molecule has 0 aliphatic carbocycles. The van der Waals surface area contributed by atoms with Crippen molar-refractivity contribution in [3.05, 3.63) is 24.0 Å². The van der Waals surface area contributed by atoms with Gasteiger partial charge in [-0.15, -0.1) is 0 Å². The molecular formula is C14H21NO3. The lowest BCUT2D eigenvalue weighted by Gasteiger charge is -2.17. The van der Waals surface area contributed by atoms with E-state index in [1.54, 1.807) is 25.6 Å². The Kier molecular flexibility index (Phi) is 5.78. The molecule has 1 atom stereocenters. The molecule has 4 heteroatoms. The minimum atomic E-state index is -0.437. The molecule has 0 aliphatic rings. The number of Topliss-reactive ketones (excluding diaryl/α,β-unsaturated/α-hetero) is 1. The summed E-state index contributed by atoms with van der Waals surface area (Å²) in [7, 11) is 1.55. The van der Waals surface area contributed by atoms with Crippen molar-refractivity contribution in [2.24, 2.45) is 5.92 Å².